The van der Waals surface area contributed by atoms with E-state index in [1.165, 1.54) is 0 Å². The molecule has 78 valence electrons. The Morgan fingerprint density at radius 3 is 2.64 bits per heavy atom. The monoisotopic (exact) mass is 197 g/mol. The number of rotatable bonds is 7. The average molecular weight is 197 g/mol. The van der Waals surface area contributed by atoms with Crippen molar-refractivity contribution in [3.8, 4) is 6.07 Å². The molecule has 0 aromatic carbocycles. The second-order valence-corrected chi connectivity index (χ2v) is 2.89. The molecular weight excluding hydrogens is 182 g/mol. The fourth-order valence-corrected chi connectivity index (χ4v) is 0.988. The van der Waals surface area contributed by atoms with E-state index in [0.29, 0.717) is 32.3 Å². The zero-order valence-corrected chi connectivity index (χ0v) is 8.41. The molecule has 0 N–H and O–H groups in total. The summed E-state index contributed by atoms with van der Waals surface area (Å²) in [6.07, 6.45) is 2.07. The summed E-state index contributed by atoms with van der Waals surface area (Å²) in [7, 11) is 0. The minimum Gasteiger partial charge on any atom is -0.466 e. The molecule has 0 atom stereocenters. The average Bonchev–Trinajstić information content (AvgIpc) is 2.13. The van der Waals surface area contributed by atoms with Gasteiger partial charge >= 0.3 is 5.97 Å². The molecule has 0 bridgehead atoms. The molecule has 0 spiro atoms. The van der Waals surface area contributed by atoms with Crippen LogP contribution in [0.3, 0.4) is 0 Å². The quantitative estimate of drug-likeness (QED) is 0.353. The standard InChI is InChI=1S/C10H15NO3/c1-2-14-10(13)8-9(12)6-4-3-5-7-11/h2-6,8H2,1H3. The highest BCUT2D eigenvalue weighted by Crippen LogP contribution is 2.02. The SMILES string of the molecule is CCOC(=O)CC(=O)CCCCC#N. The van der Waals surface area contributed by atoms with E-state index in [0.717, 1.165) is 0 Å². The summed E-state index contributed by atoms with van der Waals surface area (Å²) in [6, 6.07) is 2.00. The number of Topliss-reactive ketones (excluding diaryl/α,β-unsaturated/α-hetero) is 1. The Kier molecular flexibility index (Phi) is 7.43. The minimum atomic E-state index is -0.460. The highest BCUT2D eigenvalue weighted by molar-refractivity contribution is 5.95. The van der Waals surface area contributed by atoms with Crippen LogP contribution in [0.2, 0.25) is 0 Å². The predicted octanol–water partition coefficient (Wildman–Crippen LogP) is 1.59. The van der Waals surface area contributed by atoms with Crippen LogP contribution < -0.4 is 0 Å². The molecule has 0 saturated carbocycles. The second kappa shape index (κ2) is 8.24. The molecule has 0 unspecified atom stereocenters. The summed E-state index contributed by atoms with van der Waals surface area (Å²) in [5.41, 5.74) is 0. The summed E-state index contributed by atoms with van der Waals surface area (Å²) in [5, 5.41) is 8.24. The summed E-state index contributed by atoms with van der Waals surface area (Å²) >= 11 is 0. The first kappa shape index (κ1) is 12.6. The fraction of sp³-hybridized carbons (Fsp3) is 0.700. The van der Waals surface area contributed by atoms with E-state index >= 15 is 0 Å². The molecule has 0 aromatic rings. The van der Waals surface area contributed by atoms with Gasteiger partial charge in [-0.15, -0.1) is 0 Å². The lowest BCUT2D eigenvalue weighted by molar-refractivity contribution is -0.145. The largest absolute Gasteiger partial charge is 0.466 e. The number of hydrogen-bond donors (Lipinski definition) is 0. The Morgan fingerprint density at radius 1 is 1.36 bits per heavy atom. The van der Waals surface area contributed by atoms with Crippen molar-refractivity contribution in [1.29, 1.82) is 5.26 Å². The van der Waals surface area contributed by atoms with Crippen molar-refractivity contribution in [2.45, 2.75) is 39.0 Å². The Morgan fingerprint density at radius 2 is 2.07 bits per heavy atom. The van der Waals surface area contributed by atoms with Crippen LogP contribution in [-0.4, -0.2) is 18.4 Å². The number of ketones is 1. The molecule has 0 aliphatic carbocycles. The molecule has 0 heterocycles. The van der Waals surface area contributed by atoms with E-state index in [1.54, 1.807) is 6.92 Å². The molecule has 0 fully saturated rings. The highest BCUT2D eigenvalue weighted by atomic mass is 16.5. The maximum atomic E-state index is 11.1. The van der Waals surface area contributed by atoms with E-state index in [2.05, 4.69) is 4.74 Å². The Hall–Kier alpha value is -1.37. The maximum absolute atomic E-state index is 11.1. The second-order valence-electron chi connectivity index (χ2n) is 2.89. The highest BCUT2D eigenvalue weighted by Gasteiger charge is 2.09. The van der Waals surface area contributed by atoms with Gasteiger partial charge in [-0.05, 0) is 19.8 Å². The Bertz CT molecular complexity index is 230. The van der Waals surface area contributed by atoms with E-state index in [-0.39, 0.29) is 12.2 Å². The van der Waals surface area contributed by atoms with Crippen LogP contribution in [0, 0.1) is 11.3 Å². The fourth-order valence-electron chi connectivity index (χ4n) is 0.988. The van der Waals surface area contributed by atoms with Crippen LogP contribution in [-0.2, 0) is 14.3 Å². The van der Waals surface area contributed by atoms with Gasteiger partial charge in [-0.3, -0.25) is 9.59 Å². The molecule has 0 saturated heterocycles. The molecule has 0 aromatic heterocycles. The van der Waals surface area contributed by atoms with Crippen molar-refractivity contribution in [1.82, 2.24) is 0 Å². The molecule has 0 aliphatic rings. The summed E-state index contributed by atoms with van der Waals surface area (Å²) in [4.78, 5) is 22.0. The number of nitriles is 1. The van der Waals surface area contributed by atoms with Crippen LogP contribution in [0.25, 0.3) is 0 Å². The van der Waals surface area contributed by atoms with Gasteiger partial charge in [0, 0.05) is 12.8 Å². The van der Waals surface area contributed by atoms with Gasteiger partial charge in [0.1, 0.15) is 12.2 Å². The predicted molar refractivity (Wildman–Crippen MR) is 50.3 cm³/mol. The third-order valence-electron chi connectivity index (χ3n) is 1.64. The molecule has 4 heteroatoms. The number of unbranched alkanes of at least 4 members (excludes halogenated alkanes) is 2. The van der Waals surface area contributed by atoms with Gasteiger partial charge in [0.15, 0.2) is 0 Å². The van der Waals surface area contributed by atoms with E-state index in [9.17, 15) is 9.59 Å². The van der Waals surface area contributed by atoms with Gasteiger partial charge in [-0.25, -0.2) is 0 Å². The summed E-state index contributed by atoms with van der Waals surface area (Å²) in [6.45, 7) is 2.01. The molecule has 0 rings (SSSR count). The lowest BCUT2D eigenvalue weighted by Crippen LogP contribution is -2.10. The molecule has 0 amide bonds. The zero-order chi connectivity index (χ0) is 10.8. The van der Waals surface area contributed by atoms with Crippen molar-refractivity contribution < 1.29 is 14.3 Å². The molecule has 0 aliphatic heterocycles. The minimum absolute atomic E-state index is 0.110. The zero-order valence-electron chi connectivity index (χ0n) is 8.41. The van der Waals surface area contributed by atoms with Gasteiger partial charge in [-0.1, -0.05) is 0 Å². The van der Waals surface area contributed by atoms with Gasteiger partial charge in [0.05, 0.1) is 12.7 Å². The summed E-state index contributed by atoms with van der Waals surface area (Å²) < 4.78 is 4.63. The van der Waals surface area contributed by atoms with Crippen molar-refractivity contribution in [2.75, 3.05) is 6.61 Å². The van der Waals surface area contributed by atoms with E-state index < -0.39 is 5.97 Å². The molecular formula is C10H15NO3. The third kappa shape index (κ3) is 7.29. The molecule has 14 heavy (non-hydrogen) atoms. The third-order valence-corrected chi connectivity index (χ3v) is 1.64. The Balaban J connectivity index is 3.46. The van der Waals surface area contributed by atoms with Crippen LogP contribution in [0.4, 0.5) is 0 Å². The lowest BCUT2D eigenvalue weighted by atomic mass is 10.1. The number of esters is 1. The first-order chi connectivity index (χ1) is 6.70. The normalized spacial score (nSPS) is 9.14. The molecule has 0 radical (unpaired) electrons. The van der Waals surface area contributed by atoms with E-state index in [1.807, 2.05) is 6.07 Å². The first-order valence-electron chi connectivity index (χ1n) is 4.75. The van der Waals surface area contributed by atoms with Crippen molar-refractivity contribution >= 4 is 11.8 Å². The van der Waals surface area contributed by atoms with Gasteiger partial charge < -0.3 is 4.74 Å². The molecule has 4 nitrogen and oxygen atoms in total. The Labute approximate surface area is 83.9 Å². The lowest BCUT2D eigenvalue weighted by Gasteiger charge is -2.00. The number of carbonyl (C=O) groups is 2. The van der Waals surface area contributed by atoms with Crippen LogP contribution in [0.15, 0.2) is 0 Å². The van der Waals surface area contributed by atoms with Crippen LogP contribution in [0.5, 0.6) is 0 Å². The van der Waals surface area contributed by atoms with Crippen molar-refractivity contribution in [3.05, 3.63) is 0 Å². The van der Waals surface area contributed by atoms with Gasteiger partial charge in [-0.2, -0.15) is 5.26 Å². The first-order valence-corrected chi connectivity index (χ1v) is 4.75. The number of nitrogens with zero attached hydrogens (tertiary/aromatic N) is 1. The van der Waals surface area contributed by atoms with Gasteiger partial charge in [0.2, 0.25) is 0 Å². The van der Waals surface area contributed by atoms with Crippen molar-refractivity contribution in [2.24, 2.45) is 0 Å². The maximum Gasteiger partial charge on any atom is 0.313 e. The smallest absolute Gasteiger partial charge is 0.313 e. The van der Waals surface area contributed by atoms with E-state index in [4.69, 9.17) is 5.26 Å². The summed E-state index contributed by atoms with van der Waals surface area (Å²) in [5.74, 6) is -0.570. The number of carbonyl (C=O) groups excluding carboxylic acids is 2. The number of hydrogen-bond acceptors (Lipinski definition) is 4. The van der Waals surface area contributed by atoms with Crippen LogP contribution >= 0.6 is 0 Å². The van der Waals surface area contributed by atoms with Crippen molar-refractivity contribution in [3.63, 3.8) is 0 Å². The topological polar surface area (TPSA) is 67.2 Å². The van der Waals surface area contributed by atoms with Crippen LogP contribution in [0.1, 0.15) is 39.0 Å². The number of ether oxygens (including phenoxy) is 1. The van der Waals surface area contributed by atoms with Gasteiger partial charge in [0.25, 0.3) is 0 Å².